The molecule has 0 bridgehead atoms. The van der Waals surface area contributed by atoms with E-state index in [1.54, 1.807) is 24.3 Å². The van der Waals surface area contributed by atoms with Gasteiger partial charge in [0.25, 0.3) is 5.88 Å². The van der Waals surface area contributed by atoms with Crippen LogP contribution in [0.4, 0.5) is 17.2 Å². The van der Waals surface area contributed by atoms with Gasteiger partial charge in [0, 0.05) is 18.3 Å². The Morgan fingerprint density at radius 2 is 1.57 bits per heavy atom. The molecule has 1 aromatic heterocycles. The number of carbonyl (C=O) groups is 1. The summed E-state index contributed by atoms with van der Waals surface area (Å²) in [6, 6.07) is 31.9. The van der Waals surface area contributed by atoms with E-state index in [9.17, 15) is 10.1 Å². The van der Waals surface area contributed by atoms with Crippen LogP contribution in [0.2, 0.25) is 0 Å². The van der Waals surface area contributed by atoms with Gasteiger partial charge in [0.15, 0.2) is 5.82 Å². The molecular formula is C32H26N6O4. The first kappa shape index (κ1) is 27.5. The van der Waals surface area contributed by atoms with Gasteiger partial charge in [0.1, 0.15) is 29.4 Å². The van der Waals surface area contributed by atoms with Crippen LogP contribution in [0.3, 0.4) is 0 Å². The Bertz CT molecular complexity index is 1740. The third-order valence-corrected chi connectivity index (χ3v) is 6.01. The van der Waals surface area contributed by atoms with Crippen molar-refractivity contribution in [3.05, 3.63) is 125 Å². The first-order chi connectivity index (χ1) is 20.5. The Morgan fingerprint density at radius 3 is 2.29 bits per heavy atom. The van der Waals surface area contributed by atoms with Crippen LogP contribution in [0.15, 0.2) is 103 Å². The fourth-order valence-electron chi connectivity index (χ4n) is 3.90. The van der Waals surface area contributed by atoms with Gasteiger partial charge in [-0.3, -0.25) is 0 Å². The van der Waals surface area contributed by atoms with Gasteiger partial charge in [-0.1, -0.05) is 66.7 Å². The third kappa shape index (κ3) is 6.91. The SMILES string of the molecule is N#Cc1ccc(C(=O)OCc2ccccc2)c(Oc2nc(NCc3ccccc3)c(N)c(Oc3cccc(N)c3)n2)c1. The zero-order chi connectivity index (χ0) is 29.3. The molecule has 4 aromatic carbocycles. The maximum atomic E-state index is 13.1. The summed E-state index contributed by atoms with van der Waals surface area (Å²) >= 11 is 0. The van der Waals surface area contributed by atoms with Crippen molar-refractivity contribution in [3.63, 3.8) is 0 Å². The van der Waals surface area contributed by atoms with Crippen molar-refractivity contribution in [2.75, 3.05) is 16.8 Å². The molecule has 1 heterocycles. The van der Waals surface area contributed by atoms with E-state index >= 15 is 0 Å². The molecule has 0 spiro atoms. The number of ether oxygens (including phenoxy) is 3. The Morgan fingerprint density at radius 1 is 0.833 bits per heavy atom. The molecule has 0 saturated heterocycles. The smallest absolute Gasteiger partial charge is 0.342 e. The highest BCUT2D eigenvalue weighted by Crippen LogP contribution is 2.35. The van der Waals surface area contributed by atoms with Gasteiger partial charge in [-0.25, -0.2) is 4.79 Å². The Balaban J connectivity index is 1.47. The van der Waals surface area contributed by atoms with Crippen LogP contribution >= 0.6 is 0 Å². The Kier molecular flexibility index (Phi) is 8.41. The number of hydrogen-bond donors (Lipinski definition) is 3. The number of esters is 1. The topological polar surface area (TPSA) is 158 Å². The van der Waals surface area contributed by atoms with E-state index in [4.69, 9.17) is 25.7 Å². The number of nitrogens with two attached hydrogens (primary N) is 2. The molecular weight excluding hydrogens is 532 g/mol. The number of aromatic nitrogens is 2. The summed E-state index contributed by atoms with van der Waals surface area (Å²) in [7, 11) is 0. The number of anilines is 3. The molecule has 0 fully saturated rings. The largest absolute Gasteiger partial charge is 0.457 e. The predicted octanol–water partition coefficient (Wildman–Crippen LogP) is 6.07. The fourth-order valence-corrected chi connectivity index (χ4v) is 3.90. The minimum atomic E-state index is -0.646. The van der Waals surface area contributed by atoms with Crippen molar-refractivity contribution >= 4 is 23.2 Å². The van der Waals surface area contributed by atoms with Gasteiger partial charge in [-0.05, 0) is 41.5 Å². The normalized spacial score (nSPS) is 10.4. The number of carbonyl (C=O) groups excluding carboxylic acids is 1. The van der Waals surface area contributed by atoms with Crippen LogP contribution in [0.5, 0.6) is 23.4 Å². The van der Waals surface area contributed by atoms with Crippen molar-refractivity contribution in [3.8, 4) is 29.5 Å². The van der Waals surface area contributed by atoms with E-state index in [2.05, 4.69) is 15.3 Å². The minimum absolute atomic E-state index is 0.00537. The molecule has 0 aliphatic carbocycles. The Labute approximate surface area is 242 Å². The summed E-state index contributed by atoms with van der Waals surface area (Å²) in [5.74, 6) is 0.0310. The highest BCUT2D eigenvalue weighted by molar-refractivity contribution is 5.93. The lowest BCUT2D eigenvalue weighted by atomic mass is 10.1. The van der Waals surface area contributed by atoms with Crippen LogP contribution in [-0.2, 0) is 17.9 Å². The first-order valence-electron chi connectivity index (χ1n) is 12.9. The van der Waals surface area contributed by atoms with Crippen LogP contribution in [-0.4, -0.2) is 15.9 Å². The summed E-state index contributed by atoms with van der Waals surface area (Å²) in [5, 5.41) is 12.7. The van der Waals surface area contributed by atoms with E-state index < -0.39 is 5.97 Å². The molecule has 0 radical (unpaired) electrons. The van der Waals surface area contributed by atoms with Crippen molar-refractivity contribution < 1.29 is 19.0 Å². The number of nitriles is 1. The van der Waals surface area contributed by atoms with Crippen molar-refractivity contribution in [1.82, 2.24) is 9.97 Å². The van der Waals surface area contributed by atoms with Gasteiger partial charge < -0.3 is 31.0 Å². The van der Waals surface area contributed by atoms with Gasteiger partial charge in [-0.2, -0.15) is 15.2 Å². The van der Waals surface area contributed by atoms with Gasteiger partial charge in [0.2, 0.25) is 0 Å². The van der Waals surface area contributed by atoms with Crippen LogP contribution in [0.25, 0.3) is 0 Å². The van der Waals surface area contributed by atoms with Crippen LogP contribution in [0.1, 0.15) is 27.0 Å². The summed E-state index contributed by atoms with van der Waals surface area (Å²) in [4.78, 5) is 21.9. The molecule has 10 nitrogen and oxygen atoms in total. The van der Waals surface area contributed by atoms with Crippen molar-refractivity contribution in [1.29, 1.82) is 5.26 Å². The molecule has 5 aromatic rings. The molecule has 42 heavy (non-hydrogen) atoms. The molecule has 0 saturated carbocycles. The van der Waals surface area contributed by atoms with Crippen LogP contribution in [0, 0.1) is 11.3 Å². The van der Waals surface area contributed by atoms with E-state index in [1.165, 1.54) is 18.2 Å². The number of nitrogens with one attached hydrogen (secondary N) is 1. The lowest BCUT2D eigenvalue weighted by molar-refractivity contribution is 0.0469. The molecule has 5 N–H and O–H groups in total. The summed E-state index contributed by atoms with van der Waals surface area (Å²) in [5.41, 5.74) is 15.1. The summed E-state index contributed by atoms with van der Waals surface area (Å²) < 4.78 is 17.5. The third-order valence-electron chi connectivity index (χ3n) is 6.01. The number of benzene rings is 4. The maximum Gasteiger partial charge on any atom is 0.342 e. The van der Waals surface area contributed by atoms with Crippen molar-refractivity contribution in [2.45, 2.75) is 13.2 Å². The summed E-state index contributed by atoms with van der Waals surface area (Å²) in [6.45, 7) is 0.462. The van der Waals surface area contributed by atoms with E-state index in [1.807, 2.05) is 66.7 Å². The molecule has 0 aliphatic rings. The van der Waals surface area contributed by atoms with E-state index in [0.717, 1.165) is 11.1 Å². The zero-order valence-corrected chi connectivity index (χ0v) is 22.4. The molecule has 0 amide bonds. The molecule has 0 aliphatic heterocycles. The minimum Gasteiger partial charge on any atom is -0.457 e. The lowest BCUT2D eigenvalue weighted by Gasteiger charge is -2.15. The van der Waals surface area contributed by atoms with Gasteiger partial charge >= 0.3 is 12.0 Å². The summed E-state index contributed by atoms with van der Waals surface area (Å²) in [6.07, 6.45) is 0. The van der Waals surface area contributed by atoms with E-state index in [-0.39, 0.29) is 46.9 Å². The number of rotatable bonds is 10. The second-order valence-electron chi connectivity index (χ2n) is 9.07. The first-order valence-corrected chi connectivity index (χ1v) is 12.9. The highest BCUT2D eigenvalue weighted by atomic mass is 16.5. The molecule has 208 valence electrons. The number of hydrogen-bond acceptors (Lipinski definition) is 10. The zero-order valence-electron chi connectivity index (χ0n) is 22.4. The second-order valence-corrected chi connectivity index (χ2v) is 9.07. The highest BCUT2D eigenvalue weighted by Gasteiger charge is 2.20. The lowest BCUT2D eigenvalue weighted by Crippen LogP contribution is -2.10. The molecule has 5 rings (SSSR count). The molecule has 10 heteroatoms. The van der Waals surface area contributed by atoms with E-state index in [0.29, 0.717) is 18.0 Å². The number of nitrogens with zero attached hydrogens (tertiary/aromatic N) is 3. The molecule has 0 atom stereocenters. The average Bonchev–Trinajstić information content (AvgIpc) is 3.01. The van der Waals surface area contributed by atoms with Gasteiger partial charge in [0.05, 0.1) is 11.6 Å². The Hall–Kier alpha value is -6.08. The van der Waals surface area contributed by atoms with Crippen molar-refractivity contribution in [2.24, 2.45) is 0 Å². The van der Waals surface area contributed by atoms with Crippen LogP contribution < -0.4 is 26.3 Å². The number of nitrogen functional groups attached to an aromatic ring is 2. The molecule has 0 unspecified atom stereocenters. The average molecular weight is 559 g/mol. The standard InChI is InChI=1S/C32H26N6O4/c33-18-23-14-15-26(31(39)40-20-22-10-5-2-6-11-22)27(16-23)42-32-37-29(36-19-21-8-3-1-4-9-21)28(35)30(38-32)41-25-13-7-12-24(34)17-25/h1-17H,19-20,34-35H2,(H,36,37,38). The fraction of sp³-hybridized carbons (Fsp3) is 0.0625. The quantitative estimate of drug-likeness (QED) is 0.136. The second kappa shape index (κ2) is 12.8. The maximum absolute atomic E-state index is 13.1. The van der Waals surface area contributed by atoms with Gasteiger partial charge in [-0.15, -0.1) is 0 Å². The predicted molar refractivity (Wildman–Crippen MR) is 158 cm³/mol. The monoisotopic (exact) mass is 558 g/mol.